The van der Waals surface area contributed by atoms with Crippen molar-refractivity contribution in [2.45, 2.75) is 0 Å². The van der Waals surface area contributed by atoms with Crippen LogP contribution >= 0.6 is 0 Å². The predicted molar refractivity (Wildman–Crippen MR) is 63.4 cm³/mol. The largest absolute Gasteiger partial charge is 0.383 e. The average molecular weight is 247 g/mol. The molecule has 0 radical (unpaired) electrons. The molecule has 0 spiro atoms. The van der Waals surface area contributed by atoms with Crippen LogP contribution in [0.4, 0.5) is 0 Å². The fourth-order valence-electron chi connectivity index (χ4n) is 1.41. The maximum Gasteiger partial charge on any atom is 0.251 e. The van der Waals surface area contributed by atoms with Crippen molar-refractivity contribution in [3.05, 3.63) is 36.2 Å². The van der Waals surface area contributed by atoms with E-state index in [0.717, 1.165) is 5.69 Å². The first-order chi connectivity index (χ1) is 8.81. The Balaban J connectivity index is 2.01. The van der Waals surface area contributed by atoms with Crippen molar-refractivity contribution in [1.29, 1.82) is 0 Å². The fourth-order valence-corrected chi connectivity index (χ4v) is 1.41. The van der Waals surface area contributed by atoms with E-state index in [-0.39, 0.29) is 5.91 Å². The number of hydrogen-bond acceptors (Lipinski definition) is 5. The lowest BCUT2D eigenvalue weighted by Crippen LogP contribution is -2.26. The van der Waals surface area contributed by atoms with E-state index in [2.05, 4.69) is 20.8 Å². The van der Waals surface area contributed by atoms with Crippen LogP contribution in [0, 0.1) is 0 Å². The van der Waals surface area contributed by atoms with Gasteiger partial charge in [-0.15, -0.1) is 5.10 Å². The Kier molecular flexibility index (Phi) is 3.98. The van der Waals surface area contributed by atoms with Gasteiger partial charge < -0.3 is 10.1 Å². The van der Waals surface area contributed by atoms with Crippen LogP contribution in [0.1, 0.15) is 10.4 Å². The van der Waals surface area contributed by atoms with E-state index in [4.69, 9.17) is 4.74 Å². The molecule has 7 heteroatoms. The maximum atomic E-state index is 11.7. The highest BCUT2D eigenvalue weighted by Crippen LogP contribution is 2.07. The minimum Gasteiger partial charge on any atom is -0.383 e. The van der Waals surface area contributed by atoms with Crippen molar-refractivity contribution >= 4 is 5.91 Å². The van der Waals surface area contributed by atoms with Gasteiger partial charge in [0.1, 0.15) is 6.33 Å². The van der Waals surface area contributed by atoms with Crippen LogP contribution < -0.4 is 5.32 Å². The summed E-state index contributed by atoms with van der Waals surface area (Å²) in [5, 5.41) is 13.6. The lowest BCUT2D eigenvalue weighted by Gasteiger charge is -2.05. The van der Waals surface area contributed by atoms with Gasteiger partial charge in [0.05, 0.1) is 12.3 Å². The normalized spacial score (nSPS) is 10.3. The number of ether oxygens (including phenoxy) is 1. The van der Waals surface area contributed by atoms with E-state index in [1.54, 1.807) is 31.4 Å². The molecular formula is C11H13N5O2. The summed E-state index contributed by atoms with van der Waals surface area (Å²) < 4.78 is 6.38. The van der Waals surface area contributed by atoms with Gasteiger partial charge in [-0.05, 0) is 34.7 Å². The first kappa shape index (κ1) is 12.2. The number of methoxy groups -OCH3 is 1. The highest BCUT2D eigenvalue weighted by molar-refractivity contribution is 5.94. The minimum atomic E-state index is -0.129. The molecule has 18 heavy (non-hydrogen) atoms. The molecular weight excluding hydrogens is 234 g/mol. The number of rotatable bonds is 5. The lowest BCUT2D eigenvalue weighted by molar-refractivity contribution is 0.0937. The number of carbonyl (C=O) groups excluding carboxylic acids is 1. The quantitative estimate of drug-likeness (QED) is 0.754. The molecule has 0 aliphatic heterocycles. The molecule has 2 aromatic rings. The van der Waals surface area contributed by atoms with Crippen molar-refractivity contribution < 1.29 is 9.53 Å². The molecule has 0 atom stereocenters. The molecule has 0 unspecified atom stereocenters. The van der Waals surface area contributed by atoms with Gasteiger partial charge in [-0.3, -0.25) is 4.79 Å². The van der Waals surface area contributed by atoms with Crippen molar-refractivity contribution in [2.75, 3.05) is 20.3 Å². The van der Waals surface area contributed by atoms with Crippen LogP contribution in [0.25, 0.3) is 5.69 Å². The Morgan fingerprint density at radius 2 is 2.17 bits per heavy atom. The summed E-state index contributed by atoms with van der Waals surface area (Å²) in [4.78, 5) is 11.7. The molecule has 0 aliphatic rings. The van der Waals surface area contributed by atoms with Gasteiger partial charge in [0.25, 0.3) is 5.91 Å². The van der Waals surface area contributed by atoms with E-state index >= 15 is 0 Å². The zero-order valence-electron chi connectivity index (χ0n) is 9.91. The number of nitrogens with one attached hydrogen (secondary N) is 1. The van der Waals surface area contributed by atoms with E-state index in [1.165, 1.54) is 11.0 Å². The second-order valence-corrected chi connectivity index (χ2v) is 3.55. The van der Waals surface area contributed by atoms with Gasteiger partial charge in [0.2, 0.25) is 0 Å². The topological polar surface area (TPSA) is 81.9 Å². The molecule has 1 N–H and O–H groups in total. The van der Waals surface area contributed by atoms with Gasteiger partial charge in [-0.1, -0.05) is 0 Å². The smallest absolute Gasteiger partial charge is 0.251 e. The monoisotopic (exact) mass is 247 g/mol. The fraction of sp³-hybridized carbons (Fsp3) is 0.273. The molecule has 7 nitrogen and oxygen atoms in total. The number of aromatic nitrogens is 4. The third-order valence-electron chi connectivity index (χ3n) is 2.33. The zero-order valence-corrected chi connectivity index (χ0v) is 9.91. The van der Waals surface area contributed by atoms with Crippen molar-refractivity contribution in [3.63, 3.8) is 0 Å². The molecule has 94 valence electrons. The summed E-state index contributed by atoms with van der Waals surface area (Å²) in [5.74, 6) is -0.129. The highest BCUT2D eigenvalue weighted by Gasteiger charge is 2.05. The summed E-state index contributed by atoms with van der Waals surface area (Å²) in [6, 6.07) is 7.00. The van der Waals surface area contributed by atoms with Gasteiger partial charge in [-0.25, -0.2) is 4.68 Å². The summed E-state index contributed by atoms with van der Waals surface area (Å²) in [7, 11) is 1.59. The molecule has 0 saturated heterocycles. The number of tetrazole rings is 1. The molecule has 1 aromatic heterocycles. The number of benzene rings is 1. The molecule has 2 rings (SSSR count). The van der Waals surface area contributed by atoms with Gasteiger partial charge >= 0.3 is 0 Å². The number of amides is 1. The molecule has 0 saturated carbocycles. The Labute approximate surface area is 104 Å². The Morgan fingerprint density at radius 1 is 1.39 bits per heavy atom. The van der Waals surface area contributed by atoms with E-state index in [0.29, 0.717) is 18.7 Å². The molecule has 1 amide bonds. The summed E-state index contributed by atoms with van der Waals surface area (Å²) in [6.07, 6.45) is 1.49. The van der Waals surface area contributed by atoms with Crippen LogP contribution in [0.3, 0.4) is 0 Å². The summed E-state index contributed by atoms with van der Waals surface area (Å²) in [6.45, 7) is 0.985. The van der Waals surface area contributed by atoms with E-state index < -0.39 is 0 Å². The number of nitrogens with zero attached hydrogens (tertiary/aromatic N) is 4. The first-order valence-electron chi connectivity index (χ1n) is 5.42. The first-order valence-corrected chi connectivity index (χ1v) is 5.42. The number of carbonyl (C=O) groups is 1. The van der Waals surface area contributed by atoms with Crippen LogP contribution in [-0.2, 0) is 4.74 Å². The standard InChI is InChI=1S/C11H13N5O2/c1-18-7-6-12-11(17)9-2-4-10(5-3-9)16-8-13-14-15-16/h2-5,8H,6-7H2,1H3,(H,12,17). The third kappa shape index (κ3) is 2.89. The van der Waals surface area contributed by atoms with E-state index in [9.17, 15) is 4.79 Å². The summed E-state index contributed by atoms with van der Waals surface area (Å²) in [5.41, 5.74) is 1.39. The minimum absolute atomic E-state index is 0.129. The van der Waals surface area contributed by atoms with Crippen molar-refractivity contribution in [3.8, 4) is 5.69 Å². The van der Waals surface area contributed by atoms with Crippen LogP contribution in [0.5, 0.6) is 0 Å². The van der Waals surface area contributed by atoms with Crippen molar-refractivity contribution in [1.82, 2.24) is 25.5 Å². The third-order valence-corrected chi connectivity index (χ3v) is 2.33. The zero-order chi connectivity index (χ0) is 12.8. The van der Waals surface area contributed by atoms with Gasteiger partial charge in [-0.2, -0.15) is 0 Å². The molecule has 1 aromatic carbocycles. The predicted octanol–water partition coefficient (Wildman–Crippen LogP) is 0.0385. The Morgan fingerprint density at radius 3 is 2.78 bits per heavy atom. The van der Waals surface area contributed by atoms with Crippen molar-refractivity contribution in [2.24, 2.45) is 0 Å². The highest BCUT2D eigenvalue weighted by atomic mass is 16.5. The molecule has 0 bridgehead atoms. The van der Waals surface area contributed by atoms with Gasteiger partial charge in [0, 0.05) is 19.2 Å². The summed E-state index contributed by atoms with van der Waals surface area (Å²) >= 11 is 0. The van der Waals surface area contributed by atoms with Crippen LogP contribution in [0.2, 0.25) is 0 Å². The molecule has 0 aliphatic carbocycles. The maximum absolute atomic E-state index is 11.7. The van der Waals surface area contributed by atoms with Gasteiger partial charge in [0.15, 0.2) is 0 Å². The Bertz CT molecular complexity index is 495. The molecule has 1 heterocycles. The second-order valence-electron chi connectivity index (χ2n) is 3.55. The average Bonchev–Trinajstić information content (AvgIpc) is 2.93. The van der Waals surface area contributed by atoms with Crippen LogP contribution in [-0.4, -0.2) is 46.4 Å². The lowest BCUT2D eigenvalue weighted by atomic mass is 10.2. The SMILES string of the molecule is COCCNC(=O)c1ccc(-n2cnnn2)cc1. The van der Waals surface area contributed by atoms with Crippen LogP contribution in [0.15, 0.2) is 30.6 Å². The number of hydrogen-bond donors (Lipinski definition) is 1. The second kappa shape index (κ2) is 5.87. The molecule has 0 fully saturated rings. The van der Waals surface area contributed by atoms with E-state index in [1.807, 2.05) is 0 Å². The Hall–Kier alpha value is -2.28.